The second-order valence-corrected chi connectivity index (χ2v) is 10.5. The molecule has 0 radical (unpaired) electrons. The van der Waals surface area contributed by atoms with Crippen molar-refractivity contribution in [3.63, 3.8) is 0 Å². The zero-order valence-corrected chi connectivity index (χ0v) is 21.1. The SMILES string of the molecule is CCN(CC)C(=O)CSc1nnc(SCC(=O)N(C2CCCCC2)C2CCCCC2)n1N. The quantitative estimate of drug-likeness (QED) is 0.402. The zero-order valence-electron chi connectivity index (χ0n) is 19.5. The number of amides is 2. The van der Waals surface area contributed by atoms with Gasteiger partial charge in [-0.1, -0.05) is 62.0 Å². The molecule has 0 aliphatic heterocycles. The van der Waals surface area contributed by atoms with Crippen molar-refractivity contribution < 1.29 is 9.59 Å². The summed E-state index contributed by atoms with van der Waals surface area (Å²) in [7, 11) is 0. The normalized spacial score (nSPS) is 17.9. The molecular weight excluding hydrogens is 444 g/mol. The predicted molar refractivity (Wildman–Crippen MR) is 130 cm³/mol. The van der Waals surface area contributed by atoms with Gasteiger partial charge in [-0.3, -0.25) is 9.59 Å². The van der Waals surface area contributed by atoms with Gasteiger partial charge in [0.1, 0.15) is 0 Å². The molecular formula is C22H38N6O2S2. The van der Waals surface area contributed by atoms with Crippen molar-refractivity contribution in [3.05, 3.63) is 0 Å². The van der Waals surface area contributed by atoms with Crippen molar-refractivity contribution in [1.29, 1.82) is 0 Å². The summed E-state index contributed by atoms with van der Waals surface area (Å²) in [5.41, 5.74) is 0. The molecule has 2 aliphatic carbocycles. The van der Waals surface area contributed by atoms with Crippen molar-refractivity contribution in [2.45, 2.75) is 100 Å². The molecule has 3 rings (SSSR count). The van der Waals surface area contributed by atoms with Gasteiger partial charge in [-0.15, -0.1) is 10.2 Å². The Balaban J connectivity index is 1.58. The third-order valence-corrected chi connectivity index (χ3v) is 8.48. The summed E-state index contributed by atoms with van der Waals surface area (Å²) in [6.07, 6.45) is 12.0. The first-order chi connectivity index (χ1) is 15.5. The number of nitrogen functional groups attached to an aromatic ring is 1. The minimum absolute atomic E-state index is 0.0583. The van der Waals surface area contributed by atoms with E-state index in [0.717, 1.165) is 25.7 Å². The molecule has 0 unspecified atom stereocenters. The van der Waals surface area contributed by atoms with Crippen LogP contribution in [0.3, 0.4) is 0 Å². The highest BCUT2D eigenvalue weighted by Crippen LogP contribution is 2.31. The van der Waals surface area contributed by atoms with Crippen LogP contribution in [0.5, 0.6) is 0 Å². The fourth-order valence-corrected chi connectivity index (χ4v) is 6.42. The van der Waals surface area contributed by atoms with Gasteiger partial charge in [-0.2, -0.15) is 0 Å². The van der Waals surface area contributed by atoms with Gasteiger partial charge in [0.15, 0.2) is 0 Å². The van der Waals surface area contributed by atoms with Gasteiger partial charge >= 0.3 is 0 Å². The van der Waals surface area contributed by atoms with E-state index in [4.69, 9.17) is 5.84 Å². The Labute approximate surface area is 200 Å². The van der Waals surface area contributed by atoms with Crippen molar-refractivity contribution >= 4 is 35.3 Å². The fraction of sp³-hybridized carbons (Fsp3) is 0.818. The minimum atomic E-state index is 0.0583. The highest BCUT2D eigenvalue weighted by Gasteiger charge is 2.32. The molecule has 0 atom stereocenters. The van der Waals surface area contributed by atoms with Crippen LogP contribution in [0.4, 0.5) is 0 Å². The number of hydrogen-bond acceptors (Lipinski definition) is 7. The van der Waals surface area contributed by atoms with E-state index in [2.05, 4.69) is 15.1 Å². The van der Waals surface area contributed by atoms with Crippen molar-refractivity contribution in [3.8, 4) is 0 Å². The first-order valence-corrected chi connectivity index (χ1v) is 14.1. The largest absolute Gasteiger partial charge is 0.343 e. The Morgan fingerprint density at radius 3 is 1.72 bits per heavy atom. The summed E-state index contributed by atoms with van der Waals surface area (Å²) in [6.45, 7) is 5.31. The summed E-state index contributed by atoms with van der Waals surface area (Å²) in [5.74, 6) is 7.03. The topological polar surface area (TPSA) is 97.4 Å². The van der Waals surface area contributed by atoms with Crippen LogP contribution in [0.2, 0.25) is 0 Å². The number of carbonyl (C=O) groups is 2. The maximum Gasteiger partial charge on any atom is 0.233 e. The summed E-state index contributed by atoms with van der Waals surface area (Å²) in [4.78, 5) is 29.6. The van der Waals surface area contributed by atoms with E-state index in [1.54, 1.807) is 4.90 Å². The van der Waals surface area contributed by atoms with Crippen LogP contribution >= 0.6 is 23.5 Å². The lowest BCUT2D eigenvalue weighted by atomic mass is 9.88. The second-order valence-electron chi connectivity index (χ2n) is 8.66. The third kappa shape index (κ3) is 6.56. The first kappa shape index (κ1) is 25.2. The molecule has 2 amide bonds. The van der Waals surface area contributed by atoms with Gasteiger partial charge in [0, 0.05) is 25.2 Å². The van der Waals surface area contributed by atoms with Gasteiger partial charge in [0.05, 0.1) is 11.5 Å². The Kier molecular flexibility index (Phi) is 10.0. The number of rotatable bonds is 10. The average molecular weight is 483 g/mol. The molecule has 32 heavy (non-hydrogen) atoms. The van der Waals surface area contributed by atoms with Gasteiger partial charge in [0.25, 0.3) is 0 Å². The molecule has 0 aromatic carbocycles. The molecule has 0 saturated heterocycles. The molecule has 2 aliphatic rings. The van der Waals surface area contributed by atoms with Crippen molar-refractivity contribution in [2.75, 3.05) is 30.4 Å². The van der Waals surface area contributed by atoms with Crippen molar-refractivity contribution in [1.82, 2.24) is 24.7 Å². The van der Waals surface area contributed by atoms with E-state index in [1.165, 1.54) is 66.7 Å². The van der Waals surface area contributed by atoms with Gasteiger partial charge in [0.2, 0.25) is 22.1 Å². The highest BCUT2D eigenvalue weighted by atomic mass is 32.2. The Morgan fingerprint density at radius 2 is 1.28 bits per heavy atom. The first-order valence-electron chi connectivity index (χ1n) is 12.1. The maximum atomic E-state index is 13.3. The Bertz CT molecular complexity index is 725. The standard InChI is InChI=1S/C22H38N6O2S2/c1-3-26(4-2)19(29)15-31-21-24-25-22(28(21)23)32-16-20(30)27(17-11-7-5-8-12-17)18-13-9-6-10-14-18/h17-18H,3-16,23H2,1-2H3. The van der Waals surface area contributed by atoms with Gasteiger partial charge < -0.3 is 15.6 Å². The minimum Gasteiger partial charge on any atom is -0.343 e. The number of thioether (sulfide) groups is 2. The lowest BCUT2D eigenvalue weighted by Crippen LogP contribution is -2.49. The van der Waals surface area contributed by atoms with Gasteiger partial charge in [-0.25, -0.2) is 4.68 Å². The Morgan fingerprint density at radius 1 is 0.844 bits per heavy atom. The summed E-state index contributed by atoms with van der Waals surface area (Å²) < 4.78 is 1.41. The number of aromatic nitrogens is 3. The molecule has 1 heterocycles. The van der Waals surface area contributed by atoms with E-state index < -0.39 is 0 Å². The predicted octanol–water partition coefficient (Wildman–Crippen LogP) is 3.54. The van der Waals surface area contributed by atoms with Crippen LogP contribution in [-0.2, 0) is 9.59 Å². The molecule has 2 saturated carbocycles. The monoisotopic (exact) mass is 482 g/mol. The summed E-state index contributed by atoms with van der Waals surface area (Å²) in [5, 5.41) is 9.32. The number of carbonyl (C=O) groups excluding carboxylic acids is 2. The molecule has 1 aromatic heterocycles. The number of nitrogens with two attached hydrogens (primary N) is 1. The second kappa shape index (κ2) is 12.7. The fourth-order valence-electron chi connectivity index (χ4n) is 4.88. The van der Waals surface area contributed by atoms with Crippen LogP contribution in [0.1, 0.15) is 78.1 Å². The maximum absolute atomic E-state index is 13.3. The van der Waals surface area contributed by atoms with Crippen LogP contribution in [0.15, 0.2) is 10.3 Å². The number of hydrogen-bond donors (Lipinski definition) is 1. The van der Waals surface area contributed by atoms with E-state index in [1.807, 2.05) is 13.8 Å². The van der Waals surface area contributed by atoms with E-state index in [9.17, 15) is 9.59 Å². The summed E-state index contributed by atoms with van der Waals surface area (Å²) in [6, 6.07) is 0.765. The van der Waals surface area contributed by atoms with E-state index >= 15 is 0 Å². The lowest BCUT2D eigenvalue weighted by Gasteiger charge is -2.41. The average Bonchev–Trinajstić information content (AvgIpc) is 3.18. The zero-order chi connectivity index (χ0) is 22.9. The van der Waals surface area contributed by atoms with Crippen LogP contribution < -0.4 is 5.84 Å². The molecule has 2 N–H and O–H groups in total. The smallest absolute Gasteiger partial charge is 0.233 e. The number of nitrogens with zero attached hydrogens (tertiary/aromatic N) is 5. The summed E-state index contributed by atoms with van der Waals surface area (Å²) >= 11 is 2.63. The lowest BCUT2D eigenvalue weighted by molar-refractivity contribution is -0.135. The molecule has 2 fully saturated rings. The third-order valence-electron chi connectivity index (χ3n) is 6.62. The van der Waals surface area contributed by atoms with E-state index in [0.29, 0.717) is 41.2 Å². The highest BCUT2D eigenvalue weighted by molar-refractivity contribution is 8.00. The molecule has 1 aromatic rings. The molecule has 0 bridgehead atoms. The molecule has 8 nitrogen and oxygen atoms in total. The molecule has 10 heteroatoms. The van der Waals surface area contributed by atoms with E-state index in [-0.39, 0.29) is 17.6 Å². The van der Waals surface area contributed by atoms with Crippen LogP contribution in [-0.4, -0.2) is 73.2 Å². The van der Waals surface area contributed by atoms with Crippen LogP contribution in [0.25, 0.3) is 0 Å². The molecule has 0 spiro atoms. The van der Waals surface area contributed by atoms with Crippen LogP contribution in [0, 0.1) is 0 Å². The van der Waals surface area contributed by atoms with Gasteiger partial charge in [-0.05, 0) is 39.5 Å². The van der Waals surface area contributed by atoms with Crippen molar-refractivity contribution in [2.24, 2.45) is 0 Å². The Hall–Kier alpha value is -1.42. The molecule has 180 valence electrons.